The largest absolute Gasteiger partial charge is 0.462 e. The number of esters is 1. The first kappa shape index (κ1) is 21.4. The van der Waals surface area contributed by atoms with E-state index in [1.54, 1.807) is 0 Å². The number of rotatable bonds is 3. The molecular weight excluding hydrogens is 382 g/mol. The Morgan fingerprint density at radius 3 is 2.80 bits per heavy atom. The first-order valence-corrected chi connectivity index (χ1v) is 11.3. The summed E-state index contributed by atoms with van der Waals surface area (Å²) < 4.78 is 5.14. The lowest BCUT2D eigenvalue weighted by atomic mass is 9.44. The van der Waals surface area contributed by atoms with Crippen molar-refractivity contribution in [2.45, 2.75) is 77.9 Å². The molecule has 0 aliphatic heterocycles. The highest BCUT2D eigenvalue weighted by Crippen LogP contribution is 2.67. The van der Waals surface area contributed by atoms with E-state index in [9.17, 15) is 14.7 Å². The van der Waals surface area contributed by atoms with E-state index in [2.05, 4.69) is 29.9 Å². The summed E-state index contributed by atoms with van der Waals surface area (Å²) in [5.74, 6) is 1.06. The molecular formula is C23H33N3O4. The second kappa shape index (κ2) is 7.69. The molecule has 4 rings (SSSR count). The third-order valence-corrected chi connectivity index (χ3v) is 9.10. The van der Waals surface area contributed by atoms with E-state index in [0.717, 1.165) is 25.7 Å². The topological polar surface area (TPSA) is 112 Å². The van der Waals surface area contributed by atoms with Crippen molar-refractivity contribution in [3.05, 3.63) is 22.1 Å². The standard InChI is InChI=1S/C23H33N3O4/c1-13(27)30-9-8-14-5-7-17-16-6-4-15-10-19(28)18(25-26-24)11-23(15,3)21(16)20(29)12-22(14,17)2/h8,15-18,20-21,29H,4-7,9-12H2,1-3H3/b14-8+/t15-,16-,17-,18?,20-,21+,22+,23-/m0/s1. The minimum Gasteiger partial charge on any atom is -0.462 e. The van der Waals surface area contributed by atoms with Gasteiger partial charge in [-0.3, -0.25) is 9.59 Å². The average Bonchev–Trinajstić information content (AvgIpc) is 2.98. The average molecular weight is 416 g/mol. The van der Waals surface area contributed by atoms with Crippen molar-refractivity contribution in [2.24, 2.45) is 39.6 Å². The zero-order chi connectivity index (χ0) is 21.7. The molecule has 4 saturated carbocycles. The smallest absolute Gasteiger partial charge is 0.302 e. The van der Waals surface area contributed by atoms with Gasteiger partial charge in [0.25, 0.3) is 0 Å². The lowest BCUT2D eigenvalue weighted by Crippen LogP contribution is -2.59. The molecule has 1 unspecified atom stereocenters. The highest BCUT2D eigenvalue weighted by molar-refractivity contribution is 5.85. The van der Waals surface area contributed by atoms with Crippen LogP contribution in [-0.2, 0) is 14.3 Å². The van der Waals surface area contributed by atoms with Crippen LogP contribution in [0.15, 0.2) is 16.8 Å². The molecule has 0 amide bonds. The highest BCUT2D eigenvalue weighted by Gasteiger charge is 2.62. The lowest BCUT2D eigenvalue weighted by molar-refractivity contribution is -0.165. The van der Waals surface area contributed by atoms with Gasteiger partial charge in [-0.2, -0.15) is 0 Å². The number of hydrogen-bond acceptors (Lipinski definition) is 5. The maximum atomic E-state index is 12.5. The van der Waals surface area contributed by atoms with Crippen molar-refractivity contribution in [1.29, 1.82) is 0 Å². The number of aliphatic hydroxyl groups is 1. The molecule has 0 spiro atoms. The Bertz CT molecular complexity index is 819. The van der Waals surface area contributed by atoms with Crippen LogP contribution < -0.4 is 0 Å². The molecule has 0 aromatic heterocycles. The molecule has 7 heteroatoms. The molecule has 0 aromatic rings. The number of azide groups is 1. The van der Waals surface area contributed by atoms with Crippen LogP contribution in [-0.4, -0.2) is 35.6 Å². The molecule has 8 atom stereocenters. The van der Waals surface area contributed by atoms with Crippen LogP contribution in [0.2, 0.25) is 0 Å². The number of fused-ring (bicyclic) bond motifs is 5. The lowest BCUT2D eigenvalue weighted by Gasteiger charge is -2.61. The second-order valence-electron chi connectivity index (χ2n) is 10.4. The first-order valence-electron chi connectivity index (χ1n) is 11.3. The number of hydrogen-bond donors (Lipinski definition) is 1. The van der Waals surface area contributed by atoms with Crippen LogP contribution in [0.3, 0.4) is 0 Å². The predicted molar refractivity (Wildman–Crippen MR) is 111 cm³/mol. The summed E-state index contributed by atoms with van der Waals surface area (Å²) in [6.45, 7) is 6.21. The molecule has 0 saturated heterocycles. The van der Waals surface area contributed by atoms with Gasteiger partial charge < -0.3 is 9.84 Å². The van der Waals surface area contributed by atoms with E-state index in [-0.39, 0.29) is 34.4 Å². The van der Waals surface area contributed by atoms with Crippen LogP contribution in [0.5, 0.6) is 0 Å². The molecule has 0 heterocycles. The van der Waals surface area contributed by atoms with E-state index >= 15 is 0 Å². The highest BCUT2D eigenvalue weighted by atomic mass is 16.5. The van der Waals surface area contributed by atoms with Crippen molar-refractivity contribution in [3.63, 3.8) is 0 Å². The number of nitrogens with zero attached hydrogens (tertiary/aromatic N) is 3. The zero-order valence-electron chi connectivity index (χ0n) is 18.2. The number of carbonyl (C=O) groups excluding carboxylic acids is 2. The SMILES string of the molecule is CC(=O)OC/C=C1\CC[C@H]2[C@@H]3CC[C@H]4CC(=O)C(N=[N+]=[N-])C[C@]4(C)[C@H]3[C@@H](O)C[C@]12C. The number of ether oxygens (including phenoxy) is 1. The molecule has 4 aliphatic carbocycles. The van der Waals surface area contributed by atoms with Crippen LogP contribution in [0.25, 0.3) is 10.4 Å². The van der Waals surface area contributed by atoms with Gasteiger partial charge in [0, 0.05) is 18.3 Å². The summed E-state index contributed by atoms with van der Waals surface area (Å²) in [5.41, 5.74) is 9.97. The van der Waals surface area contributed by atoms with Gasteiger partial charge in [-0.25, -0.2) is 0 Å². The molecule has 1 N–H and O–H groups in total. The zero-order valence-corrected chi connectivity index (χ0v) is 18.2. The Morgan fingerprint density at radius 1 is 1.33 bits per heavy atom. The van der Waals surface area contributed by atoms with Crippen molar-refractivity contribution in [3.8, 4) is 0 Å². The maximum absolute atomic E-state index is 12.5. The van der Waals surface area contributed by atoms with Gasteiger partial charge in [0.05, 0.1) is 12.1 Å². The fraction of sp³-hybridized carbons (Fsp3) is 0.826. The van der Waals surface area contributed by atoms with Gasteiger partial charge in [-0.15, -0.1) is 0 Å². The van der Waals surface area contributed by atoms with Gasteiger partial charge >= 0.3 is 5.97 Å². The van der Waals surface area contributed by atoms with Crippen LogP contribution >= 0.6 is 0 Å². The minimum atomic E-state index is -0.599. The summed E-state index contributed by atoms with van der Waals surface area (Å²) >= 11 is 0. The predicted octanol–water partition coefficient (Wildman–Crippen LogP) is 4.35. The fourth-order valence-electron chi connectivity index (χ4n) is 7.83. The Labute approximate surface area is 177 Å². The van der Waals surface area contributed by atoms with Crippen LogP contribution in [0.1, 0.15) is 65.7 Å². The molecule has 164 valence electrons. The van der Waals surface area contributed by atoms with Gasteiger partial charge in [-0.05, 0) is 84.6 Å². The van der Waals surface area contributed by atoms with E-state index in [0.29, 0.717) is 37.7 Å². The Hall–Kier alpha value is -1.85. The van der Waals surface area contributed by atoms with Gasteiger partial charge in [0.1, 0.15) is 12.4 Å². The molecule has 0 aromatic carbocycles. The first-order chi connectivity index (χ1) is 14.2. The third-order valence-electron chi connectivity index (χ3n) is 9.10. The van der Waals surface area contributed by atoms with Crippen molar-refractivity contribution in [1.82, 2.24) is 0 Å². The number of carbonyl (C=O) groups is 2. The molecule has 0 radical (unpaired) electrons. The quantitative estimate of drug-likeness (QED) is 0.243. The molecule has 4 fully saturated rings. The van der Waals surface area contributed by atoms with Crippen molar-refractivity contribution in [2.75, 3.05) is 6.61 Å². The Morgan fingerprint density at radius 2 is 2.10 bits per heavy atom. The van der Waals surface area contributed by atoms with Crippen LogP contribution in [0.4, 0.5) is 0 Å². The molecule has 4 aliphatic rings. The Balaban J connectivity index is 1.62. The van der Waals surface area contributed by atoms with E-state index in [4.69, 9.17) is 10.3 Å². The van der Waals surface area contributed by atoms with E-state index in [1.165, 1.54) is 12.5 Å². The normalized spacial score (nSPS) is 46.4. The Kier molecular flexibility index (Phi) is 5.48. The summed E-state index contributed by atoms with van der Waals surface area (Å²) in [7, 11) is 0. The molecule has 30 heavy (non-hydrogen) atoms. The summed E-state index contributed by atoms with van der Waals surface area (Å²) in [5, 5.41) is 15.2. The van der Waals surface area contributed by atoms with E-state index in [1.807, 2.05) is 0 Å². The maximum Gasteiger partial charge on any atom is 0.302 e. The van der Waals surface area contributed by atoms with Gasteiger partial charge in [0.2, 0.25) is 0 Å². The summed E-state index contributed by atoms with van der Waals surface area (Å²) in [4.78, 5) is 26.5. The third kappa shape index (κ3) is 3.27. The number of allylic oxidation sites excluding steroid dienone is 1. The minimum absolute atomic E-state index is 0.0559. The fourth-order valence-corrected chi connectivity index (χ4v) is 7.83. The summed E-state index contributed by atoms with van der Waals surface area (Å²) in [6, 6.07) is -0.599. The molecule has 0 bridgehead atoms. The van der Waals surface area contributed by atoms with E-state index < -0.39 is 12.1 Å². The number of ketones is 1. The van der Waals surface area contributed by atoms with Gasteiger partial charge in [-0.1, -0.05) is 24.5 Å². The van der Waals surface area contributed by atoms with Crippen molar-refractivity contribution >= 4 is 11.8 Å². The van der Waals surface area contributed by atoms with Gasteiger partial charge in [0.15, 0.2) is 0 Å². The van der Waals surface area contributed by atoms with Crippen molar-refractivity contribution < 1.29 is 19.4 Å². The number of aliphatic hydroxyl groups excluding tert-OH is 1. The second-order valence-corrected chi connectivity index (χ2v) is 10.4. The number of Topliss-reactive ketones (excluding diaryl/α,β-unsaturated/α-hetero) is 1. The monoisotopic (exact) mass is 415 g/mol. The summed E-state index contributed by atoms with van der Waals surface area (Å²) in [6.07, 6.45) is 7.44. The molecule has 7 nitrogen and oxygen atoms in total. The van der Waals surface area contributed by atoms with Crippen LogP contribution in [0, 0.1) is 34.5 Å².